The van der Waals surface area contributed by atoms with Crippen molar-refractivity contribution in [1.82, 2.24) is 4.57 Å². The van der Waals surface area contributed by atoms with Crippen LogP contribution >= 0.6 is 0 Å². The molecule has 0 unspecified atom stereocenters. The van der Waals surface area contributed by atoms with E-state index in [2.05, 4.69) is 239 Å². The van der Waals surface area contributed by atoms with Gasteiger partial charge in [0, 0.05) is 39.2 Å². The first-order valence-corrected chi connectivity index (χ1v) is 20.0. The number of benzene rings is 9. The van der Waals surface area contributed by atoms with Gasteiger partial charge in [0.05, 0.1) is 27.8 Å². The second kappa shape index (κ2) is 12.7. The average molecular weight is 740 g/mol. The lowest BCUT2D eigenvalue weighted by molar-refractivity contribution is 0.752. The number of hydrogen-bond donors (Lipinski definition) is 0. The molecule has 1 spiro atoms. The van der Waals surface area contributed by atoms with Gasteiger partial charge in [0.1, 0.15) is 0 Å². The lowest BCUT2D eigenvalue weighted by atomic mass is 9.64. The van der Waals surface area contributed by atoms with Crippen molar-refractivity contribution in [2.24, 2.45) is 0 Å². The molecule has 0 fully saturated rings. The van der Waals surface area contributed by atoms with Gasteiger partial charge in [0.25, 0.3) is 0 Å². The van der Waals surface area contributed by atoms with Crippen molar-refractivity contribution in [3.8, 4) is 16.8 Å². The molecule has 10 aromatic rings. The Bertz CT molecular complexity index is 3140. The molecule has 3 nitrogen and oxygen atoms in total. The molecule has 0 atom stereocenters. The minimum atomic E-state index is -0.546. The van der Waals surface area contributed by atoms with E-state index in [9.17, 15) is 0 Å². The minimum Gasteiger partial charge on any atom is -0.310 e. The van der Waals surface area contributed by atoms with Crippen LogP contribution in [0.4, 0.5) is 34.1 Å². The first kappa shape index (κ1) is 32.6. The van der Waals surface area contributed by atoms with E-state index in [1.54, 1.807) is 0 Å². The van der Waals surface area contributed by atoms with Gasteiger partial charge in [0.2, 0.25) is 0 Å². The van der Waals surface area contributed by atoms with E-state index in [0.29, 0.717) is 0 Å². The summed E-state index contributed by atoms with van der Waals surface area (Å²) in [6.07, 6.45) is 0. The molecule has 2 heterocycles. The van der Waals surface area contributed by atoms with Gasteiger partial charge in [0.15, 0.2) is 0 Å². The molecule has 0 N–H and O–H groups in total. The van der Waals surface area contributed by atoms with E-state index in [-0.39, 0.29) is 0 Å². The number of nitrogens with zero attached hydrogens (tertiary/aromatic N) is 3. The van der Waals surface area contributed by atoms with Gasteiger partial charge in [-0.25, -0.2) is 0 Å². The molecular weight excluding hydrogens is 703 g/mol. The highest BCUT2D eigenvalue weighted by atomic mass is 15.2. The fourth-order valence-electron chi connectivity index (χ4n) is 10.1. The maximum Gasteiger partial charge on any atom is 0.0755 e. The Labute approximate surface area is 337 Å². The zero-order valence-corrected chi connectivity index (χ0v) is 31.7. The highest BCUT2D eigenvalue weighted by Gasteiger charge is 2.51. The normalized spacial score (nSPS) is 13.3. The van der Waals surface area contributed by atoms with E-state index >= 15 is 0 Å². The van der Waals surface area contributed by atoms with Crippen LogP contribution in [0.3, 0.4) is 0 Å². The molecule has 272 valence electrons. The fourth-order valence-corrected chi connectivity index (χ4v) is 10.1. The van der Waals surface area contributed by atoms with Crippen molar-refractivity contribution >= 4 is 55.9 Å². The van der Waals surface area contributed by atoms with Crippen LogP contribution in [0.2, 0.25) is 0 Å². The molecule has 0 saturated carbocycles. The average Bonchev–Trinajstić information content (AvgIpc) is 3.78. The summed E-state index contributed by atoms with van der Waals surface area (Å²) in [6, 6.07) is 82.3. The van der Waals surface area contributed by atoms with Crippen molar-refractivity contribution in [2.75, 3.05) is 9.80 Å². The van der Waals surface area contributed by atoms with E-state index in [4.69, 9.17) is 0 Å². The predicted molar refractivity (Wildman–Crippen MR) is 241 cm³/mol. The summed E-state index contributed by atoms with van der Waals surface area (Å²) in [6.45, 7) is 0. The maximum atomic E-state index is 2.48. The van der Waals surface area contributed by atoms with Crippen molar-refractivity contribution in [2.45, 2.75) is 5.41 Å². The van der Waals surface area contributed by atoms with Crippen molar-refractivity contribution in [3.05, 3.63) is 247 Å². The van der Waals surface area contributed by atoms with Crippen LogP contribution in [0.1, 0.15) is 22.3 Å². The predicted octanol–water partition coefficient (Wildman–Crippen LogP) is 14.4. The zero-order valence-electron chi connectivity index (χ0n) is 31.7. The summed E-state index contributed by atoms with van der Waals surface area (Å²) in [4.78, 5) is 4.87. The monoisotopic (exact) mass is 739 g/mol. The number of hydrogen-bond acceptors (Lipinski definition) is 2. The minimum absolute atomic E-state index is 0.546. The van der Waals surface area contributed by atoms with Crippen LogP contribution in [0.25, 0.3) is 38.6 Å². The summed E-state index contributed by atoms with van der Waals surface area (Å²) in [5.41, 5.74) is 17.6. The molecule has 1 aliphatic carbocycles. The Morgan fingerprint density at radius 3 is 1.57 bits per heavy atom. The zero-order chi connectivity index (χ0) is 38.2. The smallest absolute Gasteiger partial charge is 0.0755 e. The molecule has 3 heteroatoms. The van der Waals surface area contributed by atoms with Crippen LogP contribution in [0, 0.1) is 0 Å². The lowest BCUT2D eigenvalue weighted by Crippen LogP contribution is -2.36. The molecule has 0 radical (unpaired) electrons. The first-order chi connectivity index (χ1) is 28.8. The second-order valence-corrected chi connectivity index (χ2v) is 15.3. The summed E-state index contributed by atoms with van der Waals surface area (Å²) in [5, 5.41) is 2.46. The molecular formula is C55H37N3. The molecule has 58 heavy (non-hydrogen) atoms. The summed E-state index contributed by atoms with van der Waals surface area (Å²) in [7, 11) is 0. The van der Waals surface area contributed by atoms with Gasteiger partial charge in [-0.1, -0.05) is 140 Å². The first-order valence-electron chi connectivity index (χ1n) is 20.0. The van der Waals surface area contributed by atoms with Crippen LogP contribution in [0.15, 0.2) is 224 Å². The number of para-hydroxylation sites is 6. The van der Waals surface area contributed by atoms with Gasteiger partial charge >= 0.3 is 0 Å². The third kappa shape index (κ3) is 4.56. The number of anilines is 6. The lowest BCUT2D eigenvalue weighted by Gasteiger charge is -2.45. The molecule has 9 aromatic carbocycles. The topological polar surface area (TPSA) is 11.4 Å². The van der Waals surface area contributed by atoms with Gasteiger partial charge in [-0.2, -0.15) is 0 Å². The van der Waals surface area contributed by atoms with Crippen molar-refractivity contribution in [3.63, 3.8) is 0 Å². The van der Waals surface area contributed by atoms with Crippen LogP contribution in [-0.4, -0.2) is 4.57 Å². The van der Waals surface area contributed by atoms with Gasteiger partial charge in [-0.3, -0.25) is 0 Å². The van der Waals surface area contributed by atoms with Crippen molar-refractivity contribution < 1.29 is 0 Å². The molecule has 0 bridgehead atoms. The summed E-state index contributed by atoms with van der Waals surface area (Å²) < 4.78 is 2.38. The maximum absolute atomic E-state index is 2.48. The molecule has 0 saturated heterocycles. The molecule has 1 aromatic heterocycles. The summed E-state index contributed by atoms with van der Waals surface area (Å²) >= 11 is 0. The van der Waals surface area contributed by atoms with Gasteiger partial charge in [-0.15, -0.1) is 0 Å². The fraction of sp³-hybridized carbons (Fsp3) is 0.0182. The van der Waals surface area contributed by atoms with Crippen molar-refractivity contribution in [1.29, 1.82) is 0 Å². The van der Waals surface area contributed by atoms with Gasteiger partial charge < -0.3 is 14.4 Å². The number of fused-ring (bicyclic) bond motifs is 12. The van der Waals surface area contributed by atoms with Crippen LogP contribution < -0.4 is 9.80 Å². The second-order valence-electron chi connectivity index (χ2n) is 15.3. The van der Waals surface area contributed by atoms with E-state index in [1.807, 2.05) is 0 Å². The van der Waals surface area contributed by atoms with E-state index in [1.165, 1.54) is 66.6 Å². The molecule has 12 rings (SSSR count). The molecule has 1 aliphatic heterocycles. The summed E-state index contributed by atoms with van der Waals surface area (Å²) in [5.74, 6) is 0. The van der Waals surface area contributed by atoms with E-state index in [0.717, 1.165) is 28.4 Å². The van der Waals surface area contributed by atoms with E-state index < -0.39 is 5.41 Å². The van der Waals surface area contributed by atoms with Crippen LogP contribution in [-0.2, 0) is 5.41 Å². The van der Waals surface area contributed by atoms with Gasteiger partial charge in [-0.05, 0) is 118 Å². The Hall–Kier alpha value is -7.62. The Kier molecular flexibility index (Phi) is 7.14. The molecule has 2 aliphatic rings. The van der Waals surface area contributed by atoms with Crippen LogP contribution in [0.5, 0.6) is 0 Å². The number of rotatable bonds is 5. The highest BCUT2D eigenvalue weighted by molar-refractivity contribution is 6.11. The quantitative estimate of drug-likeness (QED) is 0.174. The standard InChI is InChI=1S/C55H37N3/c1-4-18-38(19-5-1)56(41-33-35-52-46(36-41)45-25-11-15-29-51(45)57(52)39-20-6-2-7-21-39)42-32-34-44-43-24-10-12-26-47(43)55(50(44)37-42)48-27-13-16-30-53(48)58(40-22-8-3-9-23-40)54-31-17-14-28-49(54)55/h1-37H. The molecule has 0 amide bonds. The third-order valence-electron chi connectivity index (χ3n) is 12.3. The highest BCUT2D eigenvalue weighted by Crippen LogP contribution is 2.64. The Morgan fingerprint density at radius 1 is 0.328 bits per heavy atom. The Morgan fingerprint density at radius 2 is 0.845 bits per heavy atom. The largest absolute Gasteiger partial charge is 0.310 e. The Balaban J connectivity index is 1.12. The third-order valence-corrected chi connectivity index (χ3v) is 12.3. The SMILES string of the molecule is c1ccc(N(c2ccc3c(c2)C2(c4ccccc4-3)c3ccccc3N(c3ccccc3)c3ccccc32)c2ccc3c(c2)c2ccccc2n3-c2ccccc2)cc1. The number of aromatic nitrogens is 1.